The van der Waals surface area contributed by atoms with Crippen LogP contribution in [0.1, 0.15) is 18.2 Å². The van der Waals surface area contributed by atoms with E-state index in [0.29, 0.717) is 6.07 Å². The minimum absolute atomic E-state index is 0.0795. The van der Waals surface area contributed by atoms with Crippen LogP contribution in [0.3, 0.4) is 0 Å². The quantitative estimate of drug-likeness (QED) is 0.308. The average Bonchev–Trinajstić information content (AvgIpc) is 2.30. The van der Waals surface area contributed by atoms with E-state index in [2.05, 4.69) is 14.5 Å². The van der Waals surface area contributed by atoms with Gasteiger partial charge in [-0.25, -0.2) is 4.98 Å². The van der Waals surface area contributed by atoms with Crippen molar-refractivity contribution in [1.29, 1.82) is 0 Å². The van der Waals surface area contributed by atoms with Gasteiger partial charge in [-0.15, -0.1) is 13.2 Å². The zero-order chi connectivity index (χ0) is 17.1. The Morgan fingerprint density at radius 2 is 1.86 bits per heavy atom. The van der Waals surface area contributed by atoms with Crippen LogP contribution in [-0.4, -0.2) is 23.9 Å². The molecule has 1 aromatic heterocycles. The van der Waals surface area contributed by atoms with Crippen molar-refractivity contribution >= 4 is 28.6 Å². The molecule has 0 fully saturated rings. The van der Waals surface area contributed by atoms with Gasteiger partial charge in [-0.3, -0.25) is 4.79 Å². The van der Waals surface area contributed by atoms with E-state index in [9.17, 15) is 31.1 Å². The summed E-state index contributed by atoms with van der Waals surface area (Å²) in [4.78, 5) is 14.4. The third kappa shape index (κ3) is 5.50. The third-order valence-electron chi connectivity index (χ3n) is 2.16. The molecule has 0 aromatic carbocycles. The van der Waals surface area contributed by atoms with E-state index < -0.39 is 45.6 Å². The Morgan fingerprint density at radius 3 is 2.32 bits per heavy atom. The van der Waals surface area contributed by atoms with Crippen LogP contribution >= 0.6 is 22.6 Å². The maximum atomic E-state index is 12.9. The second-order valence-electron chi connectivity index (χ2n) is 3.81. The number of pyridine rings is 1. The average molecular weight is 443 g/mol. The Hall–Kier alpha value is -1.27. The molecule has 0 radical (unpaired) electrons. The third-order valence-corrected chi connectivity index (χ3v) is 2.93. The van der Waals surface area contributed by atoms with Gasteiger partial charge in [-0.1, -0.05) is 0 Å². The SMILES string of the molecule is CCOC(=O)Cc1cc(OC(F)(F)F)c(I)nc1C(F)(F)F. The van der Waals surface area contributed by atoms with Crippen molar-refractivity contribution in [3.63, 3.8) is 0 Å². The van der Waals surface area contributed by atoms with Gasteiger partial charge in [-0.2, -0.15) is 13.2 Å². The lowest BCUT2D eigenvalue weighted by Crippen LogP contribution is -2.21. The molecule has 0 aliphatic rings. The van der Waals surface area contributed by atoms with E-state index in [4.69, 9.17) is 0 Å². The molecule has 4 nitrogen and oxygen atoms in total. The first kappa shape index (κ1) is 18.8. The lowest BCUT2D eigenvalue weighted by molar-refractivity contribution is -0.275. The normalized spacial score (nSPS) is 12.2. The Bertz CT molecular complexity index is 558. The van der Waals surface area contributed by atoms with Crippen LogP contribution in [0, 0.1) is 3.70 Å². The minimum atomic E-state index is -5.09. The van der Waals surface area contributed by atoms with Crippen molar-refractivity contribution in [2.75, 3.05) is 6.61 Å². The van der Waals surface area contributed by atoms with E-state index in [1.54, 1.807) is 0 Å². The van der Waals surface area contributed by atoms with Gasteiger partial charge in [-0.05, 0) is 41.1 Å². The number of aromatic nitrogens is 1. The molecule has 0 amide bonds. The summed E-state index contributed by atoms with van der Waals surface area (Å²) in [6, 6.07) is 0.488. The molecular weight excluding hydrogens is 435 g/mol. The van der Waals surface area contributed by atoms with Crippen molar-refractivity contribution < 1.29 is 40.6 Å². The smallest absolute Gasteiger partial charge is 0.466 e. The summed E-state index contributed by atoms with van der Waals surface area (Å²) < 4.78 is 82.6. The zero-order valence-corrected chi connectivity index (χ0v) is 13.0. The highest BCUT2D eigenvalue weighted by atomic mass is 127. The number of carbonyl (C=O) groups is 1. The van der Waals surface area contributed by atoms with Crippen LogP contribution in [0.2, 0.25) is 0 Å². The van der Waals surface area contributed by atoms with Gasteiger partial charge >= 0.3 is 18.5 Å². The monoisotopic (exact) mass is 443 g/mol. The number of halogens is 7. The zero-order valence-electron chi connectivity index (χ0n) is 10.8. The van der Waals surface area contributed by atoms with E-state index in [1.165, 1.54) is 29.5 Å². The Kier molecular flexibility index (Phi) is 5.87. The number of alkyl halides is 6. The van der Waals surface area contributed by atoms with Gasteiger partial charge in [0.2, 0.25) is 0 Å². The molecule has 0 aliphatic heterocycles. The summed E-state index contributed by atoms with van der Waals surface area (Å²) in [6.07, 6.45) is -10.9. The maximum Gasteiger partial charge on any atom is 0.573 e. The molecule has 0 atom stereocenters. The highest BCUT2D eigenvalue weighted by molar-refractivity contribution is 14.1. The predicted octanol–water partition coefficient (Wildman–Crippen LogP) is 3.71. The molecule has 0 spiro atoms. The fourth-order valence-electron chi connectivity index (χ4n) is 1.46. The second kappa shape index (κ2) is 6.87. The van der Waals surface area contributed by atoms with Gasteiger partial charge in [0.1, 0.15) is 9.39 Å². The lowest BCUT2D eigenvalue weighted by Gasteiger charge is -2.16. The highest BCUT2D eigenvalue weighted by Crippen LogP contribution is 2.35. The van der Waals surface area contributed by atoms with Crippen LogP contribution < -0.4 is 4.74 Å². The molecule has 11 heteroatoms. The van der Waals surface area contributed by atoms with Crippen LogP contribution in [0.4, 0.5) is 26.3 Å². The first-order valence-electron chi connectivity index (χ1n) is 5.62. The number of ether oxygens (including phenoxy) is 2. The van der Waals surface area contributed by atoms with Gasteiger partial charge < -0.3 is 9.47 Å². The largest absolute Gasteiger partial charge is 0.573 e. The molecule has 0 N–H and O–H groups in total. The van der Waals surface area contributed by atoms with Gasteiger partial charge in [0, 0.05) is 0 Å². The number of rotatable bonds is 4. The fraction of sp³-hybridized carbons (Fsp3) is 0.455. The summed E-state index contributed by atoms with van der Waals surface area (Å²) in [5.74, 6) is -1.94. The topological polar surface area (TPSA) is 48.4 Å². The molecular formula is C11H8F6INO3. The maximum absolute atomic E-state index is 12.9. The standard InChI is InChI=1S/C11H8F6INO3/c1-2-21-7(20)4-5-3-6(22-11(15,16)17)9(18)19-8(5)10(12,13)14/h3H,2,4H2,1H3. The summed E-state index contributed by atoms with van der Waals surface area (Å²) in [6.45, 7) is 1.36. The van der Waals surface area contributed by atoms with Crippen LogP contribution in [0.5, 0.6) is 5.75 Å². The molecule has 0 saturated heterocycles. The number of esters is 1. The summed E-state index contributed by atoms with van der Waals surface area (Å²) in [5.41, 5.74) is -2.22. The molecule has 0 saturated carbocycles. The number of carbonyl (C=O) groups excluding carboxylic acids is 1. The number of nitrogens with zero attached hydrogens (tertiary/aromatic N) is 1. The molecule has 1 rings (SSSR count). The lowest BCUT2D eigenvalue weighted by atomic mass is 10.1. The first-order valence-corrected chi connectivity index (χ1v) is 6.70. The van der Waals surface area contributed by atoms with Crippen molar-refractivity contribution in [2.24, 2.45) is 0 Å². The van der Waals surface area contributed by atoms with Crippen LogP contribution in [0.25, 0.3) is 0 Å². The molecule has 22 heavy (non-hydrogen) atoms. The van der Waals surface area contributed by atoms with E-state index in [-0.39, 0.29) is 6.61 Å². The molecule has 0 aliphatic carbocycles. The summed E-state index contributed by atoms with van der Waals surface area (Å²) >= 11 is 1.18. The first-order chi connectivity index (χ1) is 9.94. The van der Waals surface area contributed by atoms with Crippen LogP contribution in [-0.2, 0) is 22.1 Å². The molecule has 0 bridgehead atoms. The van der Waals surface area contributed by atoms with Crippen molar-refractivity contribution in [1.82, 2.24) is 4.98 Å². The highest BCUT2D eigenvalue weighted by Gasteiger charge is 2.38. The molecule has 1 heterocycles. The van der Waals surface area contributed by atoms with E-state index >= 15 is 0 Å². The molecule has 124 valence electrons. The number of hydrogen-bond donors (Lipinski definition) is 0. The van der Waals surface area contributed by atoms with Crippen LogP contribution in [0.15, 0.2) is 6.07 Å². The van der Waals surface area contributed by atoms with Crippen molar-refractivity contribution in [2.45, 2.75) is 25.9 Å². The van der Waals surface area contributed by atoms with Crippen molar-refractivity contribution in [3.05, 3.63) is 21.0 Å². The number of hydrogen-bond acceptors (Lipinski definition) is 4. The summed E-state index contributed by atoms with van der Waals surface area (Å²) in [5, 5.41) is 0. The fourth-order valence-corrected chi connectivity index (χ4v) is 1.96. The van der Waals surface area contributed by atoms with Crippen molar-refractivity contribution in [3.8, 4) is 5.75 Å². The Balaban J connectivity index is 3.29. The second-order valence-corrected chi connectivity index (χ2v) is 4.83. The molecule has 0 unspecified atom stereocenters. The predicted molar refractivity (Wildman–Crippen MR) is 69.0 cm³/mol. The Labute approximate surface area is 133 Å². The Morgan fingerprint density at radius 1 is 1.27 bits per heavy atom. The van der Waals surface area contributed by atoms with E-state index in [0.717, 1.165) is 0 Å². The van der Waals surface area contributed by atoms with E-state index in [1.807, 2.05) is 0 Å². The summed E-state index contributed by atoms with van der Waals surface area (Å²) in [7, 11) is 0. The minimum Gasteiger partial charge on any atom is -0.466 e. The van der Waals surface area contributed by atoms with Gasteiger partial charge in [0.05, 0.1) is 13.0 Å². The molecule has 1 aromatic rings. The van der Waals surface area contributed by atoms with Gasteiger partial charge in [0.25, 0.3) is 0 Å². The van der Waals surface area contributed by atoms with Gasteiger partial charge in [0.15, 0.2) is 5.75 Å².